The van der Waals surface area contributed by atoms with Gasteiger partial charge >= 0.3 is 12.0 Å². The minimum Gasteiger partial charge on any atom is -0.480 e. The van der Waals surface area contributed by atoms with Gasteiger partial charge in [-0.05, 0) is 25.0 Å². The van der Waals surface area contributed by atoms with E-state index in [9.17, 15) is 9.59 Å². The third-order valence-electron chi connectivity index (χ3n) is 3.29. The second-order valence-corrected chi connectivity index (χ2v) is 6.07. The first-order valence-corrected chi connectivity index (χ1v) is 7.57. The van der Waals surface area contributed by atoms with Crippen molar-refractivity contribution in [2.75, 3.05) is 6.26 Å². The van der Waals surface area contributed by atoms with E-state index in [2.05, 4.69) is 10.6 Å². The Kier molecular flexibility index (Phi) is 5.78. The number of carboxylic acid groups (broad SMARTS) is 1. The highest BCUT2D eigenvalue weighted by Crippen LogP contribution is 2.28. The lowest BCUT2D eigenvalue weighted by Crippen LogP contribution is -2.52. The zero-order chi connectivity index (χ0) is 13.7. The smallest absolute Gasteiger partial charge is 0.326 e. The van der Waals surface area contributed by atoms with Gasteiger partial charge in [-0.15, -0.1) is 0 Å². The molecule has 3 atom stereocenters. The second kappa shape index (κ2) is 6.87. The van der Waals surface area contributed by atoms with Crippen LogP contribution in [0.4, 0.5) is 4.79 Å². The molecule has 104 valence electrons. The Hall–Kier alpha value is -0.910. The molecular weight excluding hydrogens is 252 g/mol. The van der Waals surface area contributed by atoms with Gasteiger partial charge < -0.3 is 15.7 Å². The van der Waals surface area contributed by atoms with Crippen molar-refractivity contribution in [3.8, 4) is 0 Å². The molecule has 0 radical (unpaired) electrons. The number of carboxylic acids is 1. The van der Waals surface area contributed by atoms with Crippen LogP contribution in [0, 0.1) is 5.92 Å². The maximum absolute atomic E-state index is 11.8. The zero-order valence-corrected chi connectivity index (χ0v) is 11.9. The van der Waals surface area contributed by atoms with Gasteiger partial charge in [-0.25, -0.2) is 9.59 Å². The molecule has 1 aliphatic carbocycles. The molecule has 0 aromatic heterocycles. The minimum atomic E-state index is -0.993. The first-order valence-electron chi connectivity index (χ1n) is 6.28. The molecule has 2 amide bonds. The lowest BCUT2D eigenvalue weighted by molar-refractivity contribution is -0.140. The number of hydrogen-bond donors (Lipinski definition) is 3. The van der Waals surface area contributed by atoms with Crippen LogP contribution in [0.15, 0.2) is 0 Å². The second-order valence-electron chi connectivity index (χ2n) is 4.99. The summed E-state index contributed by atoms with van der Waals surface area (Å²) < 4.78 is 0. The van der Waals surface area contributed by atoms with Crippen molar-refractivity contribution in [3.63, 3.8) is 0 Å². The maximum atomic E-state index is 11.8. The summed E-state index contributed by atoms with van der Waals surface area (Å²) in [6.07, 6.45) is 5.23. The van der Waals surface area contributed by atoms with Crippen molar-refractivity contribution < 1.29 is 14.7 Å². The van der Waals surface area contributed by atoms with Crippen molar-refractivity contribution in [2.24, 2.45) is 5.92 Å². The molecule has 0 saturated heterocycles. The van der Waals surface area contributed by atoms with Gasteiger partial charge in [0.2, 0.25) is 0 Å². The van der Waals surface area contributed by atoms with E-state index in [4.69, 9.17) is 5.11 Å². The fraction of sp³-hybridized carbons (Fsp3) is 0.833. The monoisotopic (exact) mass is 274 g/mol. The van der Waals surface area contributed by atoms with Crippen molar-refractivity contribution in [1.82, 2.24) is 10.6 Å². The van der Waals surface area contributed by atoms with Crippen LogP contribution in [0.25, 0.3) is 0 Å². The molecule has 3 N–H and O–H groups in total. The van der Waals surface area contributed by atoms with Crippen LogP contribution < -0.4 is 10.6 Å². The Bertz CT molecular complexity index is 310. The predicted molar refractivity (Wildman–Crippen MR) is 72.9 cm³/mol. The number of aliphatic carboxylic acids is 1. The number of amides is 2. The Morgan fingerprint density at radius 1 is 1.33 bits per heavy atom. The van der Waals surface area contributed by atoms with Gasteiger partial charge in [0, 0.05) is 11.3 Å². The average Bonchev–Trinajstić information content (AvgIpc) is 2.72. The van der Waals surface area contributed by atoms with E-state index >= 15 is 0 Å². The topological polar surface area (TPSA) is 78.4 Å². The van der Waals surface area contributed by atoms with Crippen molar-refractivity contribution in [1.29, 1.82) is 0 Å². The third kappa shape index (κ3) is 4.08. The van der Waals surface area contributed by atoms with E-state index in [0.29, 0.717) is 5.25 Å². The van der Waals surface area contributed by atoms with Gasteiger partial charge in [-0.3, -0.25) is 0 Å². The largest absolute Gasteiger partial charge is 0.480 e. The number of hydrogen-bond acceptors (Lipinski definition) is 3. The normalized spacial score (nSPS) is 24.9. The molecule has 1 fully saturated rings. The molecule has 6 heteroatoms. The highest BCUT2D eigenvalue weighted by molar-refractivity contribution is 7.99. The van der Waals surface area contributed by atoms with Gasteiger partial charge in [-0.2, -0.15) is 11.8 Å². The van der Waals surface area contributed by atoms with Crippen LogP contribution in [-0.2, 0) is 4.79 Å². The molecule has 0 aromatic rings. The molecule has 5 nitrogen and oxygen atoms in total. The summed E-state index contributed by atoms with van der Waals surface area (Å²) in [5.41, 5.74) is 0. The number of carbonyl (C=O) groups excluding carboxylic acids is 1. The van der Waals surface area contributed by atoms with Crippen LogP contribution in [0.5, 0.6) is 0 Å². The Morgan fingerprint density at radius 3 is 2.50 bits per heavy atom. The van der Waals surface area contributed by atoms with E-state index in [1.165, 1.54) is 0 Å². The molecule has 0 bridgehead atoms. The Balaban J connectivity index is 2.47. The Morgan fingerprint density at radius 2 is 2.00 bits per heavy atom. The summed E-state index contributed by atoms with van der Waals surface area (Å²) in [6, 6.07) is -1.05. The van der Waals surface area contributed by atoms with Crippen LogP contribution in [-0.4, -0.2) is 40.7 Å². The quantitative estimate of drug-likeness (QED) is 0.712. The van der Waals surface area contributed by atoms with Gasteiger partial charge in [0.25, 0.3) is 0 Å². The molecule has 1 aliphatic rings. The first-order chi connectivity index (χ1) is 8.45. The van der Waals surface area contributed by atoms with Gasteiger partial charge in [0.15, 0.2) is 0 Å². The molecule has 0 aliphatic heterocycles. The average molecular weight is 274 g/mol. The van der Waals surface area contributed by atoms with Crippen molar-refractivity contribution in [3.05, 3.63) is 0 Å². The van der Waals surface area contributed by atoms with E-state index in [-0.39, 0.29) is 18.0 Å². The molecule has 0 heterocycles. The number of thioether (sulfide) groups is 1. The maximum Gasteiger partial charge on any atom is 0.326 e. The lowest BCUT2D eigenvalue weighted by atomic mass is 10.1. The van der Waals surface area contributed by atoms with Crippen molar-refractivity contribution in [2.45, 2.75) is 50.4 Å². The summed E-state index contributed by atoms with van der Waals surface area (Å²) in [5.74, 6) is -1.12. The molecule has 18 heavy (non-hydrogen) atoms. The highest BCUT2D eigenvalue weighted by Gasteiger charge is 2.29. The summed E-state index contributed by atoms with van der Waals surface area (Å²) >= 11 is 1.76. The van der Waals surface area contributed by atoms with E-state index < -0.39 is 12.0 Å². The van der Waals surface area contributed by atoms with Crippen molar-refractivity contribution >= 4 is 23.8 Å². The van der Waals surface area contributed by atoms with E-state index in [0.717, 1.165) is 19.3 Å². The summed E-state index contributed by atoms with van der Waals surface area (Å²) in [7, 11) is 0. The van der Waals surface area contributed by atoms with Crippen LogP contribution in [0.3, 0.4) is 0 Å². The number of rotatable bonds is 5. The standard InChI is InChI=1S/C12H22N2O3S/c1-7(2)10(11(15)16)14-12(17)13-8-5-4-6-9(8)18-3/h7-10H,4-6H2,1-3H3,(H,15,16)(H2,13,14,17). The molecule has 1 saturated carbocycles. The van der Waals surface area contributed by atoms with Gasteiger partial charge in [0.1, 0.15) is 6.04 Å². The third-order valence-corrected chi connectivity index (χ3v) is 4.46. The number of urea groups is 1. The molecule has 1 rings (SSSR count). The SMILES string of the molecule is CSC1CCCC1NC(=O)NC(C(=O)O)C(C)C. The number of carbonyl (C=O) groups is 2. The first kappa shape index (κ1) is 15.1. The lowest BCUT2D eigenvalue weighted by Gasteiger charge is -2.23. The fourth-order valence-corrected chi connectivity index (χ4v) is 3.17. The predicted octanol–water partition coefficient (Wildman–Crippen LogP) is 1.68. The Labute approximate surface area is 112 Å². The van der Waals surface area contributed by atoms with Gasteiger partial charge in [0.05, 0.1) is 0 Å². The zero-order valence-electron chi connectivity index (χ0n) is 11.1. The van der Waals surface area contributed by atoms with Crippen LogP contribution in [0.2, 0.25) is 0 Å². The van der Waals surface area contributed by atoms with Gasteiger partial charge in [-0.1, -0.05) is 20.3 Å². The summed E-state index contributed by atoms with van der Waals surface area (Å²) in [6.45, 7) is 3.55. The number of nitrogens with one attached hydrogen (secondary N) is 2. The fourth-order valence-electron chi connectivity index (χ4n) is 2.24. The summed E-state index contributed by atoms with van der Waals surface area (Å²) in [4.78, 5) is 22.8. The molecule has 3 unspecified atom stereocenters. The summed E-state index contributed by atoms with van der Waals surface area (Å²) in [5, 5.41) is 14.9. The van der Waals surface area contributed by atoms with E-state index in [1.54, 1.807) is 25.6 Å². The van der Waals surface area contributed by atoms with E-state index in [1.807, 2.05) is 6.26 Å². The van der Waals surface area contributed by atoms with Crippen LogP contribution in [0.1, 0.15) is 33.1 Å². The molecular formula is C12H22N2O3S. The minimum absolute atomic E-state index is 0.131. The molecule has 0 spiro atoms. The highest BCUT2D eigenvalue weighted by atomic mass is 32.2. The van der Waals surface area contributed by atoms with Crippen LogP contribution >= 0.6 is 11.8 Å². The molecule has 0 aromatic carbocycles.